The second-order valence-corrected chi connectivity index (χ2v) is 4.18. The lowest BCUT2D eigenvalue weighted by Crippen LogP contribution is -1.99. The van der Waals surface area contributed by atoms with Gasteiger partial charge in [-0.25, -0.2) is 19.7 Å². The maximum absolute atomic E-state index is 10.8. The molecule has 82 valence electrons. The Labute approximate surface area is 95.0 Å². The van der Waals surface area contributed by atoms with Gasteiger partial charge in [0.05, 0.1) is 18.1 Å². The highest BCUT2D eigenvalue weighted by molar-refractivity contribution is 7.15. The first-order valence-electron chi connectivity index (χ1n) is 4.39. The number of aromatic nitrogens is 3. The molecule has 2 aromatic rings. The maximum atomic E-state index is 10.8. The Morgan fingerprint density at radius 3 is 2.69 bits per heavy atom. The molecule has 0 radical (unpaired) electrons. The molecule has 0 aliphatic rings. The van der Waals surface area contributed by atoms with Crippen LogP contribution in [0.2, 0.25) is 0 Å². The summed E-state index contributed by atoms with van der Waals surface area (Å²) in [5, 5.41) is 12.3. The Kier molecular flexibility index (Phi) is 2.78. The summed E-state index contributed by atoms with van der Waals surface area (Å²) < 4.78 is 0. The Balaban J connectivity index is 2.23. The Morgan fingerprint density at radius 2 is 2.12 bits per heavy atom. The van der Waals surface area contributed by atoms with E-state index in [2.05, 4.69) is 20.3 Å². The van der Waals surface area contributed by atoms with Crippen LogP contribution >= 0.6 is 11.3 Å². The molecule has 2 heterocycles. The van der Waals surface area contributed by atoms with Gasteiger partial charge in [-0.3, -0.25) is 0 Å². The van der Waals surface area contributed by atoms with Crippen LogP contribution in [0.4, 0.5) is 10.8 Å². The van der Waals surface area contributed by atoms with E-state index in [9.17, 15) is 4.79 Å². The average Bonchev–Trinajstić information content (AvgIpc) is 2.61. The number of aryl methyl sites for hydroxylation is 1. The lowest BCUT2D eigenvalue weighted by atomic mass is 10.4. The fourth-order valence-corrected chi connectivity index (χ4v) is 1.96. The minimum atomic E-state index is -1.02. The van der Waals surface area contributed by atoms with Crippen LogP contribution in [0, 0.1) is 6.92 Å². The summed E-state index contributed by atoms with van der Waals surface area (Å²) in [5.41, 5.74) is 0.748. The van der Waals surface area contributed by atoms with E-state index in [0.29, 0.717) is 15.7 Å². The molecule has 6 nitrogen and oxygen atoms in total. The Hall–Kier alpha value is -2.02. The second-order valence-electron chi connectivity index (χ2n) is 2.98. The molecule has 0 fully saturated rings. The van der Waals surface area contributed by atoms with Crippen LogP contribution < -0.4 is 5.32 Å². The van der Waals surface area contributed by atoms with Crippen LogP contribution in [0.5, 0.6) is 0 Å². The zero-order valence-corrected chi connectivity index (χ0v) is 9.15. The third-order valence-corrected chi connectivity index (χ3v) is 2.70. The summed E-state index contributed by atoms with van der Waals surface area (Å²) in [6.45, 7) is 1.72. The zero-order chi connectivity index (χ0) is 11.5. The van der Waals surface area contributed by atoms with Crippen molar-refractivity contribution in [2.45, 2.75) is 6.92 Å². The second kappa shape index (κ2) is 4.23. The number of rotatable bonds is 3. The number of carboxylic acids is 1. The van der Waals surface area contributed by atoms with Crippen LogP contribution in [0.25, 0.3) is 0 Å². The molecule has 0 unspecified atom stereocenters. The topological polar surface area (TPSA) is 88.0 Å². The predicted octanol–water partition coefficient (Wildman–Crippen LogP) is 1.68. The molecule has 2 rings (SSSR count). The fourth-order valence-electron chi connectivity index (χ4n) is 1.14. The van der Waals surface area contributed by atoms with E-state index in [1.54, 1.807) is 19.3 Å². The van der Waals surface area contributed by atoms with Gasteiger partial charge in [0.1, 0.15) is 6.33 Å². The summed E-state index contributed by atoms with van der Waals surface area (Å²) in [7, 11) is 0. The summed E-state index contributed by atoms with van der Waals surface area (Å²) in [5.74, 6) is -1.02. The normalized spacial score (nSPS) is 10.1. The first-order chi connectivity index (χ1) is 7.66. The van der Waals surface area contributed by atoms with Gasteiger partial charge in [0, 0.05) is 4.88 Å². The molecule has 0 spiro atoms. The molecule has 7 heteroatoms. The number of carboxylic acid groups (broad SMARTS) is 1. The molecule has 0 saturated carbocycles. The smallest absolute Gasteiger partial charge is 0.355 e. The highest BCUT2D eigenvalue weighted by Gasteiger charge is 2.13. The molecule has 0 aliphatic heterocycles. The number of hydrogen-bond acceptors (Lipinski definition) is 6. The Morgan fingerprint density at radius 1 is 1.44 bits per heavy atom. The SMILES string of the molecule is Cc1sc(Nc2cncnc2)nc1C(=O)O. The van der Waals surface area contributed by atoms with Crippen molar-refractivity contribution in [2.24, 2.45) is 0 Å². The monoisotopic (exact) mass is 236 g/mol. The van der Waals surface area contributed by atoms with E-state index in [0.717, 1.165) is 0 Å². The van der Waals surface area contributed by atoms with Crippen molar-refractivity contribution >= 4 is 28.1 Å². The fraction of sp³-hybridized carbons (Fsp3) is 0.111. The van der Waals surface area contributed by atoms with Crippen molar-refractivity contribution in [3.63, 3.8) is 0 Å². The molecule has 0 aromatic carbocycles. The van der Waals surface area contributed by atoms with Crippen molar-refractivity contribution in [3.8, 4) is 0 Å². The molecule has 0 amide bonds. The summed E-state index contributed by atoms with van der Waals surface area (Å²) >= 11 is 1.28. The predicted molar refractivity (Wildman–Crippen MR) is 59.1 cm³/mol. The van der Waals surface area contributed by atoms with Gasteiger partial charge in [0.2, 0.25) is 0 Å². The van der Waals surface area contributed by atoms with Crippen molar-refractivity contribution < 1.29 is 9.90 Å². The van der Waals surface area contributed by atoms with Crippen molar-refractivity contribution in [1.29, 1.82) is 0 Å². The zero-order valence-electron chi connectivity index (χ0n) is 8.34. The van der Waals surface area contributed by atoms with E-state index in [1.807, 2.05) is 0 Å². The van der Waals surface area contributed by atoms with Crippen molar-refractivity contribution in [3.05, 3.63) is 29.3 Å². The molecule has 2 aromatic heterocycles. The molecular weight excluding hydrogens is 228 g/mol. The summed E-state index contributed by atoms with van der Waals surface area (Å²) in [6.07, 6.45) is 4.59. The van der Waals surface area contributed by atoms with Gasteiger partial charge < -0.3 is 10.4 Å². The van der Waals surface area contributed by atoms with Gasteiger partial charge in [0.15, 0.2) is 10.8 Å². The van der Waals surface area contributed by atoms with Crippen LogP contribution in [0.1, 0.15) is 15.4 Å². The third-order valence-electron chi connectivity index (χ3n) is 1.81. The standard InChI is InChI=1S/C9H8N4O2S/c1-5-7(8(14)15)13-9(16-5)12-6-2-10-4-11-3-6/h2-4H,1H3,(H,12,13)(H,14,15). The summed E-state index contributed by atoms with van der Waals surface area (Å²) in [6, 6.07) is 0. The number of nitrogens with one attached hydrogen (secondary N) is 1. The molecule has 0 bridgehead atoms. The number of thiazole rings is 1. The number of hydrogen-bond donors (Lipinski definition) is 2. The number of aromatic carboxylic acids is 1. The first kappa shape index (κ1) is 10.5. The van der Waals surface area contributed by atoms with Crippen LogP contribution in [-0.4, -0.2) is 26.0 Å². The molecule has 0 saturated heterocycles. The molecule has 0 aliphatic carbocycles. The van der Waals surface area contributed by atoms with Crippen molar-refractivity contribution in [1.82, 2.24) is 15.0 Å². The minimum Gasteiger partial charge on any atom is -0.476 e. The highest BCUT2D eigenvalue weighted by atomic mass is 32.1. The quantitative estimate of drug-likeness (QED) is 0.843. The largest absolute Gasteiger partial charge is 0.476 e. The minimum absolute atomic E-state index is 0.0735. The average molecular weight is 236 g/mol. The van der Waals surface area contributed by atoms with Gasteiger partial charge in [-0.15, -0.1) is 11.3 Å². The number of carbonyl (C=O) groups is 1. The van der Waals surface area contributed by atoms with Crippen LogP contribution in [0.3, 0.4) is 0 Å². The molecule has 0 atom stereocenters. The maximum Gasteiger partial charge on any atom is 0.355 e. The molecule has 16 heavy (non-hydrogen) atoms. The summed E-state index contributed by atoms with van der Waals surface area (Å²) in [4.78, 5) is 23.1. The van der Waals surface area contributed by atoms with Gasteiger partial charge in [0.25, 0.3) is 0 Å². The van der Waals surface area contributed by atoms with Crippen LogP contribution in [-0.2, 0) is 0 Å². The van der Waals surface area contributed by atoms with E-state index >= 15 is 0 Å². The van der Waals surface area contributed by atoms with E-state index in [1.165, 1.54) is 17.7 Å². The Bertz CT molecular complexity index is 511. The van der Waals surface area contributed by atoms with E-state index in [4.69, 9.17) is 5.11 Å². The lowest BCUT2D eigenvalue weighted by Gasteiger charge is -1.98. The van der Waals surface area contributed by atoms with Crippen LogP contribution in [0.15, 0.2) is 18.7 Å². The van der Waals surface area contributed by atoms with Gasteiger partial charge in [-0.1, -0.05) is 0 Å². The number of anilines is 2. The van der Waals surface area contributed by atoms with Gasteiger partial charge in [-0.05, 0) is 6.92 Å². The van der Waals surface area contributed by atoms with Gasteiger partial charge >= 0.3 is 5.97 Å². The molecule has 2 N–H and O–H groups in total. The number of nitrogens with zero attached hydrogens (tertiary/aromatic N) is 3. The van der Waals surface area contributed by atoms with E-state index < -0.39 is 5.97 Å². The van der Waals surface area contributed by atoms with E-state index in [-0.39, 0.29) is 5.69 Å². The van der Waals surface area contributed by atoms with Gasteiger partial charge in [-0.2, -0.15) is 0 Å². The third kappa shape index (κ3) is 2.14. The highest BCUT2D eigenvalue weighted by Crippen LogP contribution is 2.24. The first-order valence-corrected chi connectivity index (χ1v) is 5.21. The lowest BCUT2D eigenvalue weighted by molar-refractivity contribution is 0.0690. The van der Waals surface area contributed by atoms with Crippen molar-refractivity contribution in [2.75, 3.05) is 5.32 Å². The molecular formula is C9H8N4O2S.